The lowest BCUT2D eigenvalue weighted by Gasteiger charge is -2.09. The maximum absolute atomic E-state index is 11.4. The fourth-order valence-electron chi connectivity index (χ4n) is 1.69. The van der Waals surface area contributed by atoms with Gasteiger partial charge in [-0.15, -0.1) is 0 Å². The van der Waals surface area contributed by atoms with E-state index in [1.54, 1.807) is 19.1 Å². The molecule has 0 spiro atoms. The van der Waals surface area contributed by atoms with Crippen LogP contribution in [0.3, 0.4) is 0 Å². The molecule has 0 radical (unpaired) electrons. The second-order valence-corrected chi connectivity index (χ2v) is 5.60. The summed E-state index contributed by atoms with van der Waals surface area (Å²) in [4.78, 5) is 3.21. The van der Waals surface area contributed by atoms with Gasteiger partial charge < -0.3 is 10.3 Å². The van der Waals surface area contributed by atoms with Gasteiger partial charge in [0.25, 0.3) is 0 Å². The van der Waals surface area contributed by atoms with Crippen LogP contribution >= 0.6 is 0 Å². The van der Waals surface area contributed by atoms with Crippen LogP contribution in [0.15, 0.2) is 41.4 Å². The zero-order valence-corrected chi connectivity index (χ0v) is 10.8. The lowest BCUT2D eigenvalue weighted by Crippen LogP contribution is -2.14. The molecule has 1 aromatic carbocycles. The van der Waals surface area contributed by atoms with Gasteiger partial charge in [-0.3, -0.25) is 0 Å². The molecule has 0 saturated carbocycles. The van der Waals surface area contributed by atoms with Crippen LogP contribution in [-0.4, -0.2) is 13.4 Å². The monoisotopic (exact) mass is 265 g/mol. The van der Waals surface area contributed by atoms with Crippen LogP contribution in [0.2, 0.25) is 0 Å². The van der Waals surface area contributed by atoms with E-state index in [0.717, 1.165) is 11.4 Å². The van der Waals surface area contributed by atoms with E-state index in [-0.39, 0.29) is 4.90 Å². The summed E-state index contributed by atoms with van der Waals surface area (Å²) in [5.74, 6) is 0. The van der Waals surface area contributed by atoms with Crippen molar-refractivity contribution in [2.75, 3.05) is 5.32 Å². The standard InChI is InChI=1S/C12H15N3O2S/c1-9-4-5-10(7-12(9)18(13,16)17)15-8-11-3-2-6-14-11/h2-7,14-15H,8H2,1H3,(H2,13,16,17). The minimum absolute atomic E-state index is 0.152. The fraction of sp³-hybridized carbons (Fsp3) is 0.167. The topological polar surface area (TPSA) is 88.0 Å². The second kappa shape index (κ2) is 4.83. The number of aromatic amines is 1. The summed E-state index contributed by atoms with van der Waals surface area (Å²) < 4.78 is 22.8. The van der Waals surface area contributed by atoms with Gasteiger partial charge in [0, 0.05) is 17.6 Å². The normalized spacial score (nSPS) is 11.4. The summed E-state index contributed by atoms with van der Waals surface area (Å²) in [7, 11) is -3.68. The van der Waals surface area contributed by atoms with Crippen molar-refractivity contribution in [3.63, 3.8) is 0 Å². The van der Waals surface area contributed by atoms with E-state index in [1.807, 2.05) is 24.4 Å². The Morgan fingerprint density at radius 3 is 2.72 bits per heavy atom. The Bertz CT molecular complexity index is 633. The summed E-state index contributed by atoms with van der Waals surface area (Å²) in [5.41, 5.74) is 2.38. The lowest BCUT2D eigenvalue weighted by molar-refractivity contribution is 0.597. The molecule has 4 N–H and O–H groups in total. The Hall–Kier alpha value is -1.79. The molecule has 96 valence electrons. The van der Waals surface area contributed by atoms with E-state index in [0.29, 0.717) is 12.1 Å². The summed E-state index contributed by atoms with van der Waals surface area (Å²) in [6.07, 6.45) is 1.84. The molecule has 2 rings (SSSR count). The van der Waals surface area contributed by atoms with Crippen molar-refractivity contribution in [3.05, 3.63) is 47.8 Å². The highest BCUT2D eigenvalue weighted by atomic mass is 32.2. The minimum atomic E-state index is -3.68. The Kier molecular flexibility index (Phi) is 3.40. The highest BCUT2D eigenvalue weighted by Crippen LogP contribution is 2.19. The van der Waals surface area contributed by atoms with E-state index in [1.165, 1.54) is 0 Å². The summed E-state index contributed by atoms with van der Waals surface area (Å²) in [5, 5.41) is 8.29. The van der Waals surface area contributed by atoms with Gasteiger partial charge in [0.15, 0.2) is 0 Å². The first kappa shape index (κ1) is 12.7. The quantitative estimate of drug-likeness (QED) is 0.784. The molecule has 0 aliphatic carbocycles. The van der Waals surface area contributed by atoms with Crippen LogP contribution in [-0.2, 0) is 16.6 Å². The van der Waals surface area contributed by atoms with Gasteiger partial charge in [-0.05, 0) is 36.8 Å². The van der Waals surface area contributed by atoms with E-state index >= 15 is 0 Å². The van der Waals surface area contributed by atoms with Gasteiger partial charge >= 0.3 is 0 Å². The molecule has 0 amide bonds. The van der Waals surface area contributed by atoms with Crippen LogP contribution in [0.4, 0.5) is 5.69 Å². The minimum Gasteiger partial charge on any atom is -0.379 e. The Morgan fingerprint density at radius 2 is 2.11 bits per heavy atom. The number of hydrogen-bond acceptors (Lipinski definition) is 3. The second-order valence-electron chi connectivity index (χ2n) is 4.07. The predicted molar refractivity (Wildman–Crippen MR) is 70.7 cm³/mol. The number of sulfonamides is 1. The van der Waals surface area contributed by atoms with Gasteiger partial charge in [0.2, 0.25) is 10.0 Å². The summed E-state index contributed by atoms with van der Waals surface area (Å²) in [6.45, 7) is 2.31. The third kappa shape index (κ3) is 2.91. The molecule has 0 aliphatic heterocycles. The van der Waals surface area contributed by atoms with E-state index in [4.69, 9.17) is 5.14 Å². The van der Waals surface area contributed by atoms with Gasteiger partial charge in [-0.2, -0.15) is 0 Å². The van der Waals surface area contributed by atoms with Crippen molar-refractivity contribution in [3.8, 4) is 0 Å². The number of benzene rings is 1. The van der Waals surface area contributed by atoms with Crippen LogP contribution < -0.4 is 10.5 Å². The van der Waals surface area contributed by atoms with Crippen molar-refractivity contribution >= 4 is 15.7 Å². The Morgan fingerprint density at radius 1 is 1.33 bits per heavy atom. The molecule has 18 heavy (non-hydrogen) atoms. The predicted octanol–water partition coefficient (Wildman–Crippen LogP) is 1.58. The van der Waals surface area contributed by atoms with E-state index < -0.39 is 10.0 Å². The molecule has 0 fully saturated rings. The molecule has 0 bridgehead atoms. The smallest absolute Gasteiger partial charge is 0.238 e. The Balaban J connectivity index is 2.20. The number of primary sulfonamides is 1. The maximum atomic E-state index is 11.4. The SMILES string of the molecule is Cc1ccc(NCc2ccc[nH]2)cc1S(N)(=O)=O. The number of H-pyrrole nitrogens is 1. The molecule has 0 atom stereocenters. The van der Waals surface area contributed by atoms with Crippen molar-refractivity contribution in [1.29, 1.82) is 0 Å². The first-order valence-corrected chi connectivity index (χ1v) is 7.01. The van der Waals surface area contributed by atoms with E-state index in [2.05, 4.69) is 10.3 Å². The van der Waals surface area contributed by atoms with E-state index in [9.17, 15) is 8.42 Å². The molecule has 1 heterocycles. The molecular weight excluding hydrogens is 250 g/mol. The van der Waals surface area contributed by atoms with Crippen LogP contribution in [0.1, 0.15) is 11.3 Å². The average Bonchev–Trinajstić information content (AvgIpc) is 2.79. The van der Waals surface area contributed by atoms with Crippen molar-refractivity contribution in [1.82, 2.24) is 4.98 Å². The van der Waals surface area contributed by atoms with Crippen LogP contribution in [0, 0.1) is 6.92 Å². The number of nitrogens with two attached hydrogens (primary N) is 1. The first-order valence-electron chi connectivity index (χ1n) is 5.46. The van der Waals surface area contributed by atoms with Gasteiger partial charge in [-0.1, -0.05) is 6.07 Å². The Labute approximate surface area is 106 Å². The molecular formula is C12H15N3O2S. The molecule has 2 aromatic rings. The number of aromatic nitrogens is 1. The molecule has 0 aliphatic rings. The van der Waals surface area contributed by atoms with Crippen LogP contribution in [0.5, 0.6) is 0 Å². The van der Waals surface area contributed by atoms with Gasteiger partial charge in [0.05, 0.1) is 11.4 Å². The summed E-state index contributed by atoms with van der Waals surface area (Å²) in [6, 6.07) is 8.96. The third-order valence-corrected chi connectivity index (χ3v) is 3.69. The summed E-state index contributed by atoms with van der Waals surface area (Å²) >= 11 is 0. The zero-order chi connectivity index (χ0) is 13.2. The van der Waals surface area contributed by atoms with Gasteiger partial charge in [-0.25, -0.2) is 13.6 Å². The zero-order valence-electron chi connectivity index (χ0n) is 9.97. The highest BCUT2D eigenvalue weighted by molar-refractivity contribution is 7.89. The number of anilines is 1. The molecule has 1 aromatic heterocycles. The lowest BCUT2D eigenvalue weighted by atomic mass is 10.2. The highest BCUT2D eigenvalue weighted by Gasteiger charge is 2.11. The molecule has 6 heteroatoms. The molecule has 0 saturated heterocycles. The number of nitrogens with one attached hydrogen (secondary N) is 2. The largest absolute Gasteiger partial charge is 0.379 e. The maximum Gasteiger partial charge on any atom is 0.238 e. The van der Waals surface area contributed by atoms with Crippen LogP contribution in [0.25, 0.3) is 0 Å². The third-order valence-electron chi connectivity index (χ3n) is 2.64. The fourth-order valence-corrected chi connectivity index (χ4v) is 2.50. The average molecular weight is 265 g/mol. The number of aryl methyl sites for hydroxylation is 1. The van der Waals surface area contributed by atoms with Crippen molar-refractivity contribution in [2.45, 2.75) is 18.4 Å². The number of hydrogen-bond donors (Lipinski definition) is 3. The number of rotatable bonds is 4. The van der Waals surface area contributed by atoms with Gasteiger partial charge in [0.1, 0.15) is 0 Å². The van der Waals surface area contributed by atoms with Crippen molar-refractivity contribution in [2.24, 2.45) is 5.14 Å². The molecule has 5 nitrogen and oxygen atoms in total. The van der Waals surface area contributed by atoms with Crippen molar-refractivity contribution < 1.29 is 8.42 Å². The first-order chi connectivity index (χ1) is 8.47. The molecule has 0 unspecified atom stereocenters.